The highest BCUT2D eigenvalue weighted by Crippen LogP contribution is 2.28. The summed E-state index contributed by atoms with van der Waals surface area (Å²) in [6, 6.07) is 0. The minimum absolute atomic E-state index is 0.134. The second-order valence-corrected chi connectivity index (χ2v) is 10.9. The smallest absolute Gasteiger partial charge is 0.405 e. The highest BCUT2D eigenvalue weighted by atomic mass is 16.6. The molecule has 0 aromatic carbocycles. The average Bonchev–Trinajstić information content (AvgIpc) is 2.95. The first-order chi connectivity index (χ1) is 20.3. The van der Waals surface area contributed by atoms with Gasteiger partial charge >= 0.3 is 6.09 Å². The van der Waals surface area contributed by atoms with Crippen LogP contribution in [0.15, 0.2) is 58.5 Å². The molecule has 238 valence electrons. The quantitative estimate of drug-likeness (QED) is 0.191. The monoisotopic (exact) mass is 603 g/mol. The lowest BCUT2D eigenvalue weighted by Crippen LogP contribution is -2.38. The predicted molar refractivity (Wildman–Crippen MR) is 159 cm³/mol. The third-order valence-corrected chi connectivity index (χ3v) is 7.40. The molecule has 0 spiro atoms. The number of Topliss-reactive ketones (excluding diaryl/α,β-unsaturated/α-hetero) is 1. The van der Waals surface area contributed by atoms with E-state index < -0.39 is 53.9 Å². The van der Waals surface area contributed by atoms with Gasteiger partial charge in [0.05, 0.1) is 30.2 Å². The van der Waals surface area contributed by atoms with Crippen molar-refractivity contribution in [3.05, 3.63) is 58.5 Å². The molecule has 2 amide bonds. The Morgan fingerprint density at radius 3 is 2.44 bits per heavy atom. The highest BCUT2D eigenvalue weighted by Gasteiger charge is 2.33. The third-order valence-electron chi connectivity index (χ3n) is 7.40. The Balaban J connectivity index is 2.61. The molecule has 12 heteroatoms. The fourth-order valence-corrected chi connectivity index (χ4v) is 5.06. The SMILES string of the molecule is COCCNC1=C2C[C@@H](C)C[C@H](OC)[C@H](O)[C@@H](C)C=C(C)[C@H](OC(N)=O)[C@@H](OC)C=CC=C(C)C(=O)NC(=CC1=O)C2=O. The minimum atomic E-state index is -1.00. The van der Waals surface area contributed by atoms with Crippen molar-refractivity contribution in [3.8, 4) is 0 Å². The number of aliphatic hydroxyl groups is 1. The van der Waals surface area contributed by atoms with Crippen LogP contribution in [0.25, 0.3) is 0 Å². The van der Waals surface area contributed by atoms with Crippen molar-refractivity contribution in [2.75, 3.05) is 34.5 Å². The number of allylic oxidation sites excluding steroid dienone is 4. The number of ketones is 2. The molecule has 0 radical (unpaired) electrons. The van der Waals surface area contributed by atoms with Gasteiger partial charge in [0.2, 0.25) is 11.6 Å². The van der Waals surface area contributed by atoms with Crippen LogP contribution in [0, 0.1) is 11.8 Å². The number of carbonyl (C=O) groups excluding carboxylic acids is 4. The molecular formula is C31H45N3O9. The van der Waals surface area contributed by atoms with Gasteiger partial charge in [-0.2, -0.15) is 0 Å². The maximum absolute atomic E-state index is 13.6. The van der Waals surface area contributed by atoms with E-state index >= 15 is 0 Å². The van der Waals surface area contributed by atoms with Gasteiger partial charge in [0.15, 0.2) is 6.10 Å². The van der Waals surface area contributed by atoms with Crippen LogP contribution in [0.1, 0.15) is 40.5 Å². The van der Waals surface area contributed by atoms with E-state index in [0.29, 0.717) is 25.1 Å². The molecule has 6 atom stereocenters. The molecule has 5 N–H and O–H groups in total. The maximum Gasteiger partial charge on any atom is 0.405 e. The van der Waals surface area contributed by atoms with E-state index in [2.05, 4.69) is 10.6 Å². The molecule has 0 aromatic heterocycles. The molecule has 0 saturated heterocycles. The Bertz CT molecular complexity index is 1200. The summed E-state index contributed by atoms with van der Waals surface area (Å²) in [4.78, 5) is 51.5. The Kier molecular flexibility index (Phi) is 14.0. The van der Waals surface area contributed by atoms with Crippen molar-refractivity contribution >= 4 is 23.6 Å². The number of rotatable bonds is 7. The Morgan fingerprint density at radius 1 is 1.14 bits per heavy atom. The Morgan fingerprint density at radius 2 is 1.84 bits per heavy atom. The number of nitrogens with one attached hydrogen (secondary N) is 2. The van der Waals surface area contributed by atoms with Crippen molar-refractivity contribution in [2.24, 2.45) is 17.6 Å². The van der Waals surface area contributed by atoms with Crippen molar-refractivity contribution < 1.29 is 43.2 Å². The van der Waals surface area contributed by atoms with E-state index in [1.54, 1.807) is 39.0 Å². The first kappa shape index (κ1) is 35.6. The number of aliphatic hydroxyl groups excluding tert-OH is 1. The van der Waals surface area contributed by atoms with E-state index in [1.807, 2.05) is 6.92 Å². The van der Waals surface area contributed by atoms with Crippen LogP contribution in [-0.4, -0.2) is 87.6 Å². The minimum Gasteiger partial charge on any atom is -0.439 e. The second kappa shape index (κ2) is 16.9. The molecule has 12 nitrogen and oxygen atoms in total. The van der Waals surface area contributed by atoms with Gasteiger partial charge in [0.1, 0.15) is 6.10 Å². The van der Waals surface area contributed by atoms with E-state index in [-0.39, 0.29) is 34.9 Å². The van der Waals surface area contributed by atoms with E-state index in [4.69, 9.17) is 24.7 Å². The van der Waals surface area contributed by atoms with E-state index in [9.17, 15) is 24.3 Å². The summed E-state index contributed by atoms with van der Waals surface area (Å²) in [5.41, 5.74) is 6.42. The molecule has 2 rings (SSSR count). The van der Waals surface area contributed by atoms with Crippen LogP contribution in [0.5, 0.6) is 0 Å². The molecule has 2 aliphatic rings. The van der Waals surface area contributed by atoms with Gasteiger partial charge in [-0.05, 0) is 38.2 Å². The first-order valence-corrected chi connectivity index (χ1v) is 14.2. The molecule has 1 heterocycles. The maximum atomic E-state index is 13.6. The molecule has 2 bridgehead atoms. The van der Waals surface area contributed by atoms with Crippen LogP contribution in [0.2, 0.25) is 0 Å². The van der Waals surface area contributed by atoms with Crippen molar-refractivity contribution in [3.63, 3.8) is 0 Å². The first-order valence-electron chi connectivity index (χ1n) is 14.2. The molecule has 1 aliphatic carbocycles. The number of hydrogen-bond acceptors (Lipinski definition) is 10. The summed E-state index contributed by atoms with van der Waals surface area (Å²) in [6.07, 6.45) is 3.75. The summed E-state index contributed by atoms with van der Waals surface area (Å²) in [5.74, 6) is -2.16. The molecule has 0 saturated carbocycles. The van der Waals surface area contributed by atoms with Crippen LogP contribution in [0.3, 0.4) is 0 Å². The lowest BCUT2D eigenvalue weighted by Gasteiger charge is -2.30. The summed E-state index contributed by atoms with van der Waals surface area (Å²) < 4.78 is 21.7. The summed E-state index contributed by atoms with van der Waals surface area (Å²) >= 11 is 0. The standard InChI is InChI=1S/C31H45N3O9/c1-17-13-21-26(33-11-12-40-5)23(35)16-22(28(21)37)34-30(38)18(2)9-8-10-24(41-6)29(43-31(32)39)20(4)15-19(3)27(36)25(14-17)42-7/h8-10,15-17,19,24-25,27,29,33,36H,11-14H2,1-7H3,(H2,32,39)(H,34,38)/t17-,19+,24+,25+,27-,29+/m1/s1. The van der Waals surface area contributed by atoms with Crippen molar-refractivity contribution in [1.82, 2.24) is 10.6 Å². The Labute approximate surface area is 253 Å². The van der Waals surface area contributed by atoms with Crippen molar-refractivity contribution in [1.29, 1.82) is 0 Å². The van der Waals surface area contributed by atoms with Crippen LogP contribution < -0.4 is 16.4 Å². The number of ether oxygens (including phenoxy) is 4. The van der Waals surface area contributed by atoms with Gasteiger partial charge in [0, 0.05) is 51.0 Å². The van der Waals surface area contributed by atoms with E-state index in [1.165, 1.54) is 27.4 Å². The molecule has 0 fully saturated rings. The number of methoxy groups -OCH3 is 3. The molecule has 0 unspecified atom stereocenters. The van der Waals surface area contributed by atoms with E-state index in [0.717, 1.165) is 6.08 Å². The van der Waals surface area contributed by atoms with Gasteiger partial charge in [0.25, 0.3) is 5.91 Å². The zero-order valence-electron chi connectivity index (χ0n) is 26.0. The number of fused-ring (bicyclic) bond motifs is 2. The molecular weight excluding hydrogens is 558 g/mol. The zero-order chi connectivity index (χ0) is 32.3. The van der Waals surface area contributed by atoms with Crippen LogP contribution in [-0.2, 0) is 33.3 Å². The second-order valence-electron chi connectivity index (χ2n) is 10.9. The predicted octanol–water partition coefficient (Wildman–Crippen LogP) is 2.00. The number of nitrogens with two attached hydrogens (primary N) is 1. The number of hydrogen-bond donors (Lipinski definition) is 4. The van der Waals surface area contributed by atoms with Crippen LogP contribution >= 0.6 is 0 Å². The molecule has 1 aliphatic heterocycles. The van der Waals surface area contributed by atoms with Gasteiger partial charge < -0.3 is 40.4 Å². The Hall–Kier alpha value is -3.58. The molecule has 0 aromatic rings. The normalized spacial score (nSPS) is 28.1. The largest absolute Gasteiger partial charge is 0.439 e. The number of primary amides is 1. The molecule has 43 heavy (non-hydrogen) atoms. The van der Waals surface area contributed by atoms with Crippen molar-refractivity contribution in [2.45, 2.75) is 65.0 Å². The van der Waals surface area contributed by atoms with Crippen LogP contribution in [0.4, 0.5) is 4.79 Å². The fourth-order valence-electron chi connectivity index (χ4n) is 5.06. The number of carbonyl (C=O) groups is 4. The van der Waals surface area contributed by atoms with Gasteiger partial charge in [-0.25, -0.2) is 4.79 Å². The lowest BCUT2D eigenvalue weighted by molar-refractivity contribution is -0.120. The van der Waals surface area contributed by atoms with Gasteiger partial charge in [-0.3, -0.25) is 14.4 Å². The third kappa shape index (κ3) is 9.99. The van der Waals surface area contributed by atoms with Gasteiger partial charge in [-0.1, -0.05) is 38.2 Å². The highest BCUT2D eigenvalue weighted by molar-refractivity contribution is 6.23. The number of amides is 2. The van der Waals surface area contributed by atoms with Gasteiger partial charge in [-0.15, -0.1) is 0 Å². The topological polar surface area (TPSA) is 176 Å². The fraction of sp³-hybridized carbons (Fsp3) is 0.548. The summed E-state index contributed by atoms with van der Waals surface area (Å²) in [6.45, 7) is 7.59. The lowest BCUT2D eigenvalue weighted by atomic mass is 9.85. The average molecular weight is 604 g/mol. The summed E-state index contributed by atoms with van der Waals surface area (Å²) in [5, 5.41) is 16.8. The zero-order valence-corrected chi connectivity index (χ0v) is 26.0. The summed E-state index contributed by atoms with van der Waals surface area (Å²) in [7, 11) is 4.45.